The summed E-state index contributed by atoms with van der Waals surface area (Å²) in [7, 11) is 0. The number of halogens is 1. The molecule has 9 aliphatic heterocycles. The Kier molecular flexibility index (Phi) is 26.8. The van der Waals surface area contributed by atoms with Crippen molar-refractivity contribution >= 4 is 92.7 Å². The minimum atomic E-state index is -0.613. The normalized spacial score (nSPS) is 21.4. The van der Waals surface area contributed by atoms with Gasteiger partial charge in [0.25, 0.3) is 17.7 Å². The molecule has 0 aromatic heterocycles. The third kappa shape index (κ3) is 18.8. The average Bonchev–Trinajstić information content (AvgIpc) is 1.74. The van der Waals surface area contributed by atoms with Crippen molar-refractivity contribution in [2.24, 2.45) is 0 Å². The van der Waals surface area contributed by atoms with Crippen molar-refractivity contribution in [3.63, 3.8) is 0 Å². The first kappa shape index (κ1) is 74.3. The number of piperidine rings is 3. The molecule has 6 fully saturated rings. The molecule has 25 nitrogen and oxygen atoms in total. The number of anilines is 2. The molecule has 90 heavy (non-hydrogen) atoms. The maximum absolute atomic E-state index is 12.8. The molecule has 9 heterocycles. The summed E-state index contributed by atoms with van der Waals surface area (Å²) in [4.78, 5) is 144. The number of nitrogens with one attached hydrogen (secondary N) is 5. The van der Waals surface area contributed by atoms with Crippen LogP contribution in [-0.2, 0) is 57.9 Å². The first-order chi connectivity index (χ1) is 41.3. The molecule has 0 aliphatic carbocycles. The van der Waals surface area contributed by atoms with E-state index < -0.39 is 29.6 Å². The van der Waals surface area contributed by atoms with Crippen molar-refractivity contribution in [1.29, 1.82) is 0 Å². The Labute approximate surface area is 620 Å². The molecule has 6 saturated heterocycles. The number of carbonyl (C=O) groups excluding carboxylic acids is 11. The number of amides is 11. The van der Waals surface area contributed by atoms with Gasteiger partial charge >= 0.3 is 115 Å². The number of imide groups is 3. The van der Waals surface area contributed by atoms with Crippen LogP contribution >= 0.6 is 15.9 Å². The zero-order valence-corrected chi connectivity index (χ0v) is 60.9. The second-order valence-corrected chi connectivity index (χ2v) is 25.5. The SMILES string of the molecule is CC(C)(C)OC(=O)N1CCN(c2ccc3c(c2)CN(C2CCC(=O)NC2=O)C3=O)CC1.CC(C)(C)OC(=O)N1CCNCC1.O=C1CCC(N2Cc3cc(Br)ccc3C2=O)C(=O)N1.O=C1CCC(N2Cc3cc(N4CCNCC4)ccc3C2=O)C(=O)N1.[2H-].[CH3-].[K+].[K+]. The van der Waals surface area contributed by atoms with Crippen molar-refractivity contribution in [3.8, 4) is 0 Å². The van der Waals surface area contributed by atoms with E-state index in [0.29, 0.717) is 81.8 Å². The van der Waals surface area contributed by atoms with Gasteiger partial charge in [-0.25, -0.2) is 9.59 Å². The minimum Gasteiger partial charge on any atom is -1.00 e. The number of hydrogen-bond donors (Lipinski definition) is 5. The monoisotopic (exact) mass is 1360 g/mol. The number of nitrogens with zero attached hydrogens (tertiary/aromatic N) is 7. The molecule has 3 atom stereocenters. The molecular weight excluding hydrogens is 1280 g/mol. The Bertz CT molecular complexity index is 3240. The molecule has 0 saturated carbocycles. The zero-order chi connectivity index (χ0) is 62.5. The molecule has 0 bridgehead atoms. The number of benzene rings is 3. The van der Waals surface area contributed by atoms with Gasteiger partial charge in [-0.05, 0) is 132 Å². The molecule has 12 rings (SSSR count). The van der Waals surface area contributed by atoms with Gasteiger partial charge in [-0.15, -0.1) is 0 Å². The van der Waals surface area contributed by atoms with Crippen LogP contribution in [0.2, 0.25) is 0 Å². The van der Waals surface area contributed by atoms with Crippen LogP contribution < -0.4 is 139 Å². The standard InChI is InChI=1S/C22H28N4O5.C17H20N4O3.C13H11BrN2O3.C9H18N2O2.CH3.2K.H/c1-22(2,3)31-21(30)25-10-8-24(9-11-25)15-4-5-16-14(12-15)13-26(20(16)29)17-6-7-18(27)23-19(17)28;22-15-4-3-14(16(23)19-15)21-10-11-9-12(1-2-13(11)17(21)24)20-7-5-18-6-8-20;14-8-1-2-9-7(5-8)6-16(13(9)19)10-3-4-11(17)15-12(10)18;1-9(2,3)13-8(12)11-6-4-10-5-7-11;;;;/h4-5,12,17H,6-11,13H2,1-3H3,(H,23,27,28);1-2,9,14,18H,3-8,10H2,(H,19,22,23);1-2,5,10H,3-4,6H2,(H,15,17,18);10H,4-7H2,1-3H3;1H3;;;/q;;;;-1;2*+1;-1/i;;;;;;;1+1. The second kappa shape index (κ2) is 32.4. The Morgan fingerprint density at radius 1 is 0.467 bits per heavy atom. The van der Waals surface area contributed by atoms with Crippen LogP contribution in [0, 0.1) is 7.43 Å². The summed E-state index contributed by atoms with van der Waals surface area (Å²) in [6, 6.07) is 15.4. The molecule has 3 unspecified atom stereocenters. The summed E-state index contributed by atoms with van der Waals surface area (Å²) in [6.45, 7) is 21.9. The topological polar surface area (TPSA) is 289 Å². The van der Waals surface area contributed by atoms with Gasteiger partial charge in [-0.3, -0.25) is 59.1 Å². The average molecular weight is 1360 g/mol. The number of fused-ring (bicyclic) bond motifs is 3. The van der Waals surface area contributed by atoms with Crippen LogP contribution in [0.5, 0.6) is 0 Å². The first-order valence-corrected chi connectivity index (χ1v) is 30.5. The minimum absolute atomic E-state index is 0. The maximum atomic E-state index is 12.8. The molecular formula is C62H81BrK2N12O13. The summed E-state index contributed by atoms with van der Waals surface area (Å²) in [5, 5.41) is 13.4. The van der Waals surface area contributed by atoms with Crippen molar-refractivity contribution in [2.75, 3.05) is 88.3 Å². The van der Waals surface area contributed by atoms with E-state index in [1.807, 2.05) is 77.9 Å². The molecule has 0 spiro atoms. The van der Waals surface area contributed by atoms with Crippen LogP contribution in [0.15, 0.2) is 59.1 Å². The predicted octanol–water partition coefficient (Wildman–Crippen LogP) is -2.03. The Morgan fingerprint density at radius 2 is 0.789 bits per heavy atom. The Balaban J connectivity index is 0.000000226. The molecule has 3 aromatic rings. The van der Waals surface area contributed by atoms with Crippen molar-refractivity contribution in [3.05, 3.63) is 99.9 Å². The predicted molar refractivity (Wildman–Crippen MR) is 328 cm³/mol. The largest absolute Gasteiger partial charge is 1.00 e. The van der Waals surface area contributed by atoms with E-state index in [1.165, 1.54) is 0 Å². The van der Waals surface area contributed by atoms with Gasteiger partial charge in [0.2, 0.25) is 35.4 Å². The summed E-state index contributed by atoms with van der Waals surface area (Å²) in [6.07, 6.45) is 1.44. The smallest absolute Gasteiger partial charge is 1.00 e. The number of ether oxygens (including phenoxy) is 2. The van der Waals surface area contributed by atoms with E-state index in [9.17, 15) is 52.7 Å². The third-order valence-electron chi connectivity index (χ3n) is 16.0. The van der Waals surface area contributed by atoms with Gasteiger partial charge in [0.1, 0.15) is 29.3 Å². The molecule has 3 aromatic carbocycles. The number of hydrogen-bond acceptors (Lipinski definition) is 17. The van der Waals surface area contributed by atoms with E-state index in [0.717, 1.165) is 84.9 Å². The Morgan fingerprint density at radius 3 is 1.14 bits per heavy atom. The van der Waals surface area contributed by atoms with Crippen LogP contribution in [0.1, 0.15) is 129 Å². The third-order valence-corrected chi connectivity index (χ3v) is 16.5. The first-order valence-electron chi connectivity index (χ1n) is 29.7. The van der Waals surface area contributed by atoms with Crippen molar-refractivity contribution < 1.29 is 166 Å². The number of piperazine rings is 3. The van der Waals surface area contributed by atoms with Crippen LogP contribution in [-0.4, -0.2) is 198 Å². The van der Waals surface area contributed by atoms with Crippen LogP contribution in [0.4, 0.5) is 21.0 Å². The quantitative estimate of drug-likeness (QED) is 0.105. The summed E-state index contributed by atoms with van der Waals surface area (Å²) >= 11 is 3.37. The van der Waals surface area contributed by atoms with E-state index in [1.54, 1.807) is 36.6 Å². The van der Waals surface area contributed by atoms with Crippen molar-refractivity contribution in [2.45, 2.75) is 129 Å². The number of rotatable bonds is 5. The molecule has 11 amide bonds. The van der Waals surface area contributed by atoms with E-state index in [4.69, 9.17) is 9.47 Å². The fourth-order valence-corrected chi connectivity index (χ4v) is 12.0. The number of carbonyl (C=O) groups is 11. The zero-order valence-electron chi connectivity index (χ0n) is 54.1. The molecule has 0 radical (unpaired) electrons. The molecule has 9 aliphatic rings. The van der Waals surface area contributed by atoms with E-state index in [-0.39, 0.29) is 196 Å². The van der Waals surface area contributed by atoms with Crippen molar-refractivity contribution in [1.82, 2.24) is 51.1 Å². The second-order valence-electron chi connectivity index (χ2n) is 24.6. The maximum Gasteiger partial charge on any atom is 1.00 e. The van der Waals surface area contributed by atoms with Gasteiger partial charge in [-0.2, -0.15) is 0 Å². The van der Waals surface area contributed by atoms with Gasteiger partial charge < -0.3 is 63.3 Å². The molecule has 5 N–H and O–H groups in total. The van der Waals surface area contributed by atoms with E-state index in [2.05, 4.69) is 58.4 Å². The summed E-state index contributed by atoms with van der Waals surface area (Å²) in [5.41, 5.74) is 5.84. The molecule has 28 heteroatoms. The van der Waals surface area contributed by atoms with Crippen LogP contribution in [0.25, 0.3) is 0 Å². The summed E-state index contributed by atoms with van der Waals surface area (Å²) < 4.78 is 11.6. The summed E-state index contributed by atoms with van der Waals surface area (Å²) in [5.74, 6) is -2.41. The fraction of sp³-hybridized carbons (Fsp3) is 0.516. The van der Waals surface area contributed by atoms with Gasteiger partial charge in [-0.1, -0.05) is 15.9 Å². The van der Waals surface area contributed by atoms with Gasteiger partial charge in [0.15, 0.2) is 0 Å². The fourth-order valence-electron chi connectivity index (χ4n) is 11.6. The molecule has 476 valence electrons. The van der Waals surface area contributed by atoms with Crippen LogP contribution in [0.3, 0.4) is 0 Å². The Hall–Kier alpha value is -4.70. The van der Waals surface area contributed by atoms with E-state index >= 15 is 0 Å². The van der Waals surface area contributed by atoms with Gasteiger partial charge in [0.05, 0.1) is 0 Å². The van der Waals surface area contributed by atoms with Gasteiger partial charge in [0, 0.05) is 150 Å².